The van der Waals surface area contributed by atoms with Crippen LogP contribution in [0.15, 0.2) is 57.7 Å². The zero-order valence-electron chi connectivity index (χ0n) is 14.1. The quantitative estimate of drug-likeness (QED) is 0.402. The molecule has 1 aromatic heterocycles. The van der Waals surface area contributed by atoms with Crippen molar-refractivity contribution in [2.75, 3.05) is 19.0 Å². The molecule has 9 heteroatoms. The lowest BCUT2D eigenvalue weighted by Crippen LogP contribution is -2.20. The van der Waals surface area contributed by atoms with Gasteiger partial charge in [-0.05, 0) is 24.3 Å². The number of rotatable bonds is 6. The van der Waals surface area contributed by atoms with Gasteiger partial charge in [-0.25, -0.2) is 4.79 Å². The number of nitro groups is 1. The minimum Gasteiger partial charge on any atom is -0.494 e. The highest BCUT2D eigenvalue weighted by Gasteiger charge is 2.14. The van der Waals surface area contributed by atoms with E-state index in [0.29, 0.717) is 11.3 Å². The molecule has 0 radical (unpaired) electrons. The molecule has 0 spiro atoms. The van der Waals surface area contributed by atoms with E-state index in [4.69, 9.17) is 13.9 Å². The Balaban J connectivity index is 1.68. The predicted octanol–water partition coefficient (Wildman–Crippen LogP) is 2.73. The van der Waals surface area contributed by atoms with E-state index >= 15 is 0 Å². The zero-order chi connectivity index (χ0) is 19.4. The Morgan fingerprint density at radius 2 is 1.96 bits per heavy atom. The molecule has 0 atom stereocenters. The van der Waals surface area contributed by atoms with Crippen molar-refractivity contribution in [3.63, 3.8) is 0 Å². The molecule has 27 heavy (non-hydrogen) atoms. The number of nitro benzene ring substituents is 1. The second kappa shape index (κ2) is 7.56. The molecule has 0 saturated heterocycles. The highest BCUT2D eigenvalue weighted by atomic mass is 16.6. The highest BCUT2D eigenvalue weighted by Crippen LogP contribution is 2.29. The minimum absolute atomic E-state index is 0.154. The van der Waals surface area contributed by atoms with E-state index in [1.165, 1.54) is 37.4 Å². The molecule has 1 heterocycles. The smallest absolute Gasteiger partial charge is 0.336 e. The topological polar surface area (TPSA) is 121 Å². The van der Waals surface area contributed by atoms with E-state index < -0.39 is 16.5 Å². The lowest BCUT2D eigenvalue weighted by Gasteiger charge is -2.11. The maximum Gasteiger partial charge on any atom is 0.336 e. The van der Waals surface area contributed by atoms with Crippen molar-refractivity contribution < 1.29 is 23.6 Å². The van der Waals surface area contributed by atoms with Gasteiger partial charge in [0.15, 0.2) is 6.61 Å². The Morgan fingerprint density at radius 3 is 2.70 bits per heavy atom. The van der Waals surface area contributed by atoms with Crippen LogP contribution in [0.25, 0.3) is 11.0 Å². The lowest BCUT2D eigenvalue weighted by molar-refractivity contribution is -0.384. The van der Waals surface area contributed by atoms with Crippen molar-refractivity contribution in [3.8, 4) is 11.5 Å². The van der Waals surface area contributed by atoms with Crippen molar-refractivity contribution >= 4 is 28.3 Å². The normalized spacial score (nSPS) is 10.4. The molecule has 0 saturated carbocycles. The summed E-state index contributed by atoms with van der Waals surface area (Å²) in [6.45, 7) is -0.317. The standard InChI is InChI=1S/C18H14N2O7/c1-25-16-8-12(20(23)24)4-6-14(16)19-17(21)10-26-13-5-2-11-3-7-18(22)27-15(11)9-13/h2-9H,10H2,1H3,(H,19,21). The summed E-state index contributed by atoms with van der Waals surface area (Å²) in [5.41, 5.74) is -0.0138. The van der Waals surface area contributed by atoms with E-state index in [9.17, 15) is 19.7 Å². The van der Waals surface area contributed by atoms with Crippen molar-refractivity contribution in [3.05, 3.63) is 69.1 Å². The number of anilines is 1. The first-order valence-corrected chi connectivity index (χ1v) is 7.75. The SMILES string of the molecule is COc1cc([N+](=O)[O-])ccc1NC(=O)COc1ccc2ccc(=O)oc2c1. The van der Waals surface area contributed by atoms with Crippen molar-refractivity contribution in [1.82, 2.24) is 0 Å². The molecule has 0 aliphatic heterocycles. The number of benzene rings is 2. The van der Waals surface area contributed by atoms with Gasteiger partial charge < -0.3 is 19.2 Å². The largest absolute Gasteiger partial charge is 0.494 e. The van der Waals surface area contributed by atoms with Gasteiger partial charge in [0, 0.05) is 23.6 Å². The maximum atomic E-state index is 12.1. The summed E-state index contributed by atoms with van der Waals surface area (Å²) in [5.74, 6) is 0.0180. The number of carbonyl (C=O) groups excluding carboxylic acids is 1. The molecule has 3 aromatic rings. The van der Waals surface area contributed by atoms with Crippen LogP contribution in [-0.4, -0.2) is 24.5 Å². The number of methoxy groups -OCH3 is 1. The first kappa shape index (κ1) is 17.9. The van der Waals surface area contributed by atoms with Crippen molar-refractivity contribution in [2.24, 2.45) is 0 Å². The molecule has 1 N–H and O–H groups in total. The number of ether oxygens (including phenoxy) is 2. The lowest BCUT2D eigenvalue weighted by atomic mass is 10.2. The second-order valence-electron chi connectivity index (χ2n) is 5.43. The molecule has 9 nitrogen and oxygen atoms in total. The van der Waals surface area contributed by atoms with Crippen LogP contribution in [-0.2, 0) is 4.79 Å². The first-order valence-electron chi connectivity index (χ1n) is 7.75. The fourth-order valence-corrected chi connectivity index (χ4v) is 2.36. The first-order chi connectivity index (χ1) is 13.0. The molecule has 1 amide bonds. The van der Waals surface area contributed by atoms with Gasteiger partial charge in [0.25, 0.3) is 11.6 Å². The third kappa shape index (κ3) is 4.21. The average Bonchev–Trinajstić information content (AvgIpc) is 2.66. The zero-order valence-corrected chi connectivity index (χ0v) is 14.1. The number of nitrogens with one attached hydrogen (secondary N) is 1. The predicted molar refractivity (Wildman–Crippen MR) is 96.3 cm³/mol. The third-order valence-corrected chi connectivity index (χ3v) is 3.63. The van der Waals surface area contributed by atoms with Crippen LogP contribution in [0.5, 0.6) is 11.5 Å². The number of nitrogens with zero attached hydrogens (tertiary/aromatic N) is 1. The summed E-state index contributed by atoms with van der Waals surface area (Å²) >= 11 is 0. The van der Waals surface area contributed by atoms with Gasteiger partial charge >= 0.3 is 5.63 Å². The van der Waals surface area contributed by atoms with E-state index in [-0.39, 0.29) is 23.7 Å². The number of non-ortho nitro benzene ring substituents is 1. The van der Waals surface area contributed by atoms with Crippen molar-refractivity contribution in [2.45, 2.75) is 0 Å². The fraction of sp³-hybridized carbons (Fsp3) is 0.111. The van der Waals surface area contributed by atoms with Crippen LogP contribution in [0.2, 0.25) is 0 Å². The summed E-state index contributed by atoms with van der Waals surface area (Å²) in [7, 11) is 1.34. The van der Waals surface area contributed by atoms with Crippen LogP contribution in [0.3, 0.4) is 0 Å². The molecule has 138 valence electrons. The molecule has 2 aromatic carbocycles. The molecule has 0 unspecified atom stereocenters. The minimum atomic E-state index is -0.560. The fourth-order valence-electron chi connectivity index (χ4n) is 2.36. The van der Waals surface area contributed by atoms with E-state index in [1.54, 1.807) is 18.2 Å². The summed E-state index contributed by atoms with van der Waals surface area (Å²) in [5, 5.41) is 14.1. The van der Waals surface area contributed by atoms with Crippen LogP contribution in [0.4, 0.5) is 11.4 Å². The molecule has 0 aliphatic rings. The average molecular weight is 370 g/mol. The van der Waals surface area contributed by atoms with Gasteiger partial charge in [0.05, 0.1) is 23.8 Å². The third-order valence-electron chi connectivity index (χ3n) is 3.63. The maximum absolute atomic E-state index is 12.1. The monoisotopic (exact) mass is 370 g/mol. The Morgan fingerprint density at radius 1 is 1.19 bits per heavy atom. The van der Waals surface area contributed by atoms with Crippen LogP contribution in [0, 0.1) is 10.1 Å². The summed E-state index contributed by atoms with van der Waals surface area (Å²) in [6, 6.07) is 11.6. The molecule has 0 aliphatic carbocycles. The number of carbonyl (C=O) groups is 1. The van der Waals surface area contributed by atoms with Gasteiger partial charge in [0.2, 0.25) is 0 Å². The Kier molecular flexibility index (Phi) is 5.02. The van der Waals surface area contributed by atoms with Crippen LogP contribution < -0.4 is 20.4 Å². The number of hydrogen-bond donors (Lipinski definition) is 1. The number of amides is 1. The van der Waals surface area contributed by atoms with E-state index in [2.05, 4.69) is 5.32 Å². The number of fused-ring (bicyclic) bond motifs is 1. The molecular formula is C18H14N2O7. The van der Waals surface area contributed by atoms with Crippen molar-refractivity contribution in [1.29, 1.82) is 0 Å². The van der Waals surface area contributed by atoms with Gasteiger partial charge in [-0.2, -0.15) is 0 Å². The van der Waals surface area contributed by atoms with E-state index in [1.807, 2.05) is 0 Å². The highest BCUT2D eigenvalue weighted by molar-refractivity contribution is 5.93. The Hall–Kier alpha value is -3.88. The second-order valence-corrected chi connectivity index (χ2v) is 5.43. The van der Waals surface area contributed by atoms with Crippen LogP contribution >= 0.6 is 0 Å². The summed E-state index contributed by atoms with van der Waals surface area (Å²) < 4.78 is 15.5. The van der Waals surface area contributed by atoms with Gasteiger partial charge in [0.1, 0.15) is 17.1 Å². The summed E-state index contributed by atoms with van der Waals surface area (Å²) in [6.07, 6.45) is 0. The molecule has 3 rings (SSSR count). The van der Waals surface area contributed by atoms with Gasteiger partial charge in [-0.1, -0.05) is 0 Å². The number of hydrogen-bond acceptors (Lipinski definition) is 7. The van der Waals surface area contributed by atoms with Gasteiger partial charge in [-0.15, -0.1) is 0 Å². The molecule has 0 bridgehead atoms. The summed E-state index contributed by atoms with van der Waals surface area (Å²) in [4.78, 5) is 33.6. The van der Waals surface area contributed by atoms with E-state index in [0.717, 1.165) is 5.39 Å². The van der Waals surface area contributed by atoms with Gasteiger partial charge in [-0.3, -0.25) is 14.9 Å². The Bertz CT molecular complexity index is 1070. The van der Waals surface area contributed by atoms with Crippen LogP contribution in [0.1, 0.15) is 0 Å². The molecule has 0 fully saturated rings. The molecular weight excluding hydrogens is 356 g/mol. The Labute approximate surface area is 152 Å².